The summed E-state index contributed by atoms with van der Waals surface area (Å²) < 4.78 is 10.4. The highest BCUT2D eigenvalue weighted by molar-refractivity contribution is 6.02. The quantitative estimate of drug-likeness (QED) is 0.477. The highest BCUT2D eigenvalue weighted by Gasteiger charge is 2.12. The third kappa shape index (κ3) is 5.42. The van der Waals surface area contributed by atoms with Gasteiger partial charge < -0.3 is 14.6 Å². The van der Waals surface area contributed by atoms with E-state index >= 15 is 0 Å². The van der Waals surface area contributed by atoms with E-state index in [0.717, 1.165) is 16.7 Å². The summed E-state index contributed by atoms with van der Waals surface area (Å²) in [6.45, 7) is 3.96. The van der Waals surface area contributed by atoms with Gasteiger partial charge in [-0.1, -0.05) is 47.6 Å². The molecule has 0 atom stereocenters. The maximum absolute atomic E-state index is 12.3. The standard InChI is InChI=1S/C23H22N2O4/c1-3-28-22(27)15-17-9-11-19(12-10-17)24-21(26)14-13-20-16(2)25-29-23(20)18-7-5-4-6-8-18/h4-14H,3,15H2,1-2H3,(H,24,26). The number of carbonyl (C=O) groups is 2. The van der Waals surface area contributed by atoms with Crippen molar-refractivity contribution in [1.82, 2.24) is 5.16 Å². The van der Waals surface area contributed by atoms with Crippen LogP contribution in [-0.4, -0.2) is 23.6 Å². The summed E-state index contributed by atoms with van der Waals surface area (Å²) in [6.07, 6.45) is 3.34. The Kier molecular flexibility index (Phi) is 6.58. The molecule has 0 fully saturated rings. The van der Waals surface area contributed by atoms with Crippen LogP contribution >= 0.6 is 0 Å². The number of aryl methyl sites for hydroxylation is 1. The van der Waals surface area contributed by atoms with Crippen LogP contribution in [0, 0.1) is 6.92 Å². The topological polar surface area (TPSA) is 81.4 Å². The van der Waals surface area contributed by atoms with Crippen LogP contribution < -0.4 is 5.32 Å². The van der Waals surface area contributed by atoms with Gasteiger partial charge in [0.1, 0.15) is 0 Å². The van der Waals surface area contributed by atoms with Gasteiger partial charge in [0.15, 0.2) is 5.76 Å². The zero-order chi connectivity index (χ0) is 20.6. The lowest BCUT2D eigenvalue weighted by Gasteiger charge is -2.05. The van der Waals surface area contributed by atoms with Crippen LogP contribution in [0.2, 0.25) is 0 Å². The van der Waals surface area contributed by atoms with E-state index in [9.17, 15) is 9.59 Å². The molecule has 2 aromatic carbocycles. The fourth-order valence-corrected chi connectivity index (χ4v) is 2.80. The molecule has 0 aliphatic rings. The monoisotopic (exact) mass is 390 g/mol. The SMILES string of the molecule is CCOC(=O)Cc1ccc(NC(=O)C=Cc2c(C)noc2-c2ccccc2)cc1. The van der Waals surface area contributed by atoms with Crippen LogP contribution in [0.4, 0.5) is 5.69 Å². The summed E-state index contributed by atoms with van der Waals surface area (Å²) in [5.41, 5.74) is 3.82. The Morgan fingerprint density at radius 2 is 1.83 bits per heavy atom. The molecule has 0 spiro atoms. The first-order chi connectivity index (χ1) is 14.1. The van der Waals surface area contributed by atoms with Gasteiger partial charge >= 0.3 is 5.97 Å². The predicted octanol–water partition coefficient (Wildman–Crippen LogP) is 4.41. The molecule has 0 bridgehead atoms. The average molecular weight is 390 g/mol. The number of hydrogen-bond acceptors (Lipinski definition) is 5. The molecule has 1 aromatic heterocycles. The first-order valence-corrected chi connectivity index (χ1v) is 9.32. The Balaban J connectivity index is 1.65. The van der Waals surface area contributed by atoms with Gasteiger partial charge in [0.05, 0.1) is 18.7 Å². The van der Waals surface area contributed by atoms with E-state index in [0.29, 0.717) is 23.7 Å². The smallest absolute Gasteiger partial charge is 0.310 e. The maximum atomic E-state index is 12.3. The number of esters is 1. The molecule has 148 valence electrons. The number of rotatable bonds is 7. The number of benzene rings is 2. The van der Waals surface area contributed by atoms with Crippen molar-refractivity contribution < 1.29 is 18.8 Å². The molecule has 0 aliphatic heterocycles. The highest BCUT2D eigenvalue weighted by Crippen LogP contribution is 2.27. The van der Waals surface area contributed by atoms with Crippen LogP contribution in [0.1, 0.15) is 23.7 Å². The Hall–Kier alpha value is -3.67. The summed E-state index contributed by atoms with van der Waals surface area (Å²) in [7, 11) is 0. The number of amides is 1. The van der Waals surface area contributed by atoms with Crippen molar-refractivity contribution in [3.8, 4) is 11.3 Å². The van der Waals surface area contributed by atoms with Gasteiger partial charge in [0.2, 0.25) is 5.91 Å². The van der Waals surface area contributed by atoms with E-state index in [1.165, 1.54) is 6.08 Å². The number of aromatic nitrogens is 1. The fourth-order valence-electron chi connectivity index (χ4n) is 2.80. The van der Waals surface area contributed by atoms with Crippen molar-refractivity contribution in [2.24, 2.45) is 0 Å². The minimum Gasteiger partial charge on any atom is -0.466 e. The summed E-state index contributed by atoms with van der Waals surface area (Å²) in [6, 6.07) is 16.7. The lowest BCUT2D eigenvalue weighted by Crippen LogP contribution is -2.09. The lowest BCUT2D eigenvalue weighted by molar-refractivity contribution is -0.142. The van der Waals surface area contributed by atoms with Crippen LogP contribution in [0.5, 0.6) is 0 Å². The Morgan fingerprint density at radius 1 is 1.10 bits per heavy atom. The second kappa shape index (κ2) is 9.50. The molecule has 1 N–H and O–H groups in total. The van der Waals surface area contributed by atoms with Crippen molar-refractivity contribution >= 4 is 23.6 Å². The van der Waals surface area contributed by atoms with E-state index < -0.39 is 0 Å². The van der Waals surface area contributed by atoms with Crippen molar-refractivity contribution in [2.75, 3.05) is 11.9 Å². The van der Waals surface area contributed by atoms with Gasteiger partial charge in [-0.3, -0.25) is 9.59 Å². The first-order valence-electron chi connectivity index (χ1n) is 9.32. The zero-order valence-corrected chi connectivity index (χ0v) is 16.3. The number of carbonyl (C=O) groups excluding carboxylic acids is 2. The second-order valence-electron chi connectivity index (χ2n) is 6.38. The molecular formula is C23H22N2O4. The summed E-state index contributed by atoms with van der Waals surface area (Å²) in [5, 5.41) is 6.80. The van der Waals surface area contributed by atoms with Gasteiger partial charge in [-0.05, 0) is 37.6 Å². The average Bonchev–Trinajstić information content (AvgIpc) is 3.09. The molecule has 0 aliphatic carbocycles. The fraction of sp³-hybridized carbons (Fsp3) is 0.174. The van der Waals surface area contributed by atoms with E-state index in [1.54, 1.807) is 37.3 Å². The Bertz CT molecular complexity index is 1010. The molecule has 0 radical (unpaired) electrons. The molecular weight excluding hydrogens is 368 g/mol. The van der Waals surface area contributed by atoms with Gasteiger partial charge in [-0.15, -0.1) is 0 Å². The minimum absolute atomic E-state index is 0.205. The second-order valence-corrected chi connectivity index (χ2v) is 6.38. The largest absolute Gasteiger partial charge is 0.466 e. The lowest BCUT2D eigenvalue weighted by atomic mass is 10.1. The third-order valence-electron chi connectivity index (χ3n) is 4.22. The molecule has 0 saturated heterocycles. The molecule has 1 amide bonds. The summed E-state index contributed by atoms with van der Waals surface area (Å²) in [5.74, 6) is 0.0729. The molecule has 6 nitrogen and oxygen atoms in total. The van der Waals surface area contributed by atoms with Crippen molar-refractivity contribution in [2.45, 2.75) is 20.3 Å². The number of ether oxygens (including phenoxy) is 1. The molecule has 29 heavy (non-hydrogen) atoms. The van der Waals surface area contributed by atoms with Gasteiger partial charge in [-0.2, -0.15) is 0 Å². The van der Waals surface area contributed by atoms with Crippen molar-refractivity contribution in [3.63, 3.8) is 0 Å². The first kappa shape index (κ1) is 20.1. The molecule has 3 aromatic rings. The molecule has 0 unspecified atom stereocenters. The Morgan fingerprint density at radius 3 is 2.52 bits per heavy atom. The van der Waals surface area contributed by atoms with Crippen molar-refractivity contribution in [1.29, 1.82) is 0 Å². The van der Waals surface area contributed by atoms with Gasteiger partial charge in [-0.25, -0.2) is 0 Å². The molecule has 1 heterocycles. The number of nitrogens with zero attached hydrogens (tertiary/aromatic N) is 1. The van der Waals surface area contributed by atoms with Crippen molar-refractivity contribution in [3.05, 3.63) is 77.5 Å². The summed E-state index contributed by atoms with van der Waals surface area (Å²) in [4.78, 5) is 23.8. The van der Waals surface area contributed by atoms with E-state index in [1.807, 2.05) is 37.3 Å². The molecule has 3 rings (SSSR count). The normalized spacial score (nSPS) is 10.8. The van der Waals surface area contributed by atoms with E-state index in [2.05, 4.69) is 10.5 Å². The number of anilines is 1. The minimum atomic E-state index is -0.275. The predicted molar refractivity (Wildman–Crippen MR) is 111 cm³/mol. The molecule has 6 heteroatoms. The third-order valence-corrected chi connectivity index (χ3v) is 4.22. The van der Waals surface area contributed by atoms with Gasteiger partial charge in [0, 0.05) is 22.9 Å². The number of nitrogens with one attached hydrogen (secondary N) is 1. The van der Waals surface area contributed by atoms with Crippen LogP contribution in [0.3, 0.4) is 0 Å². The maximum Gasteiger partial charge on any atom is 0.310 e. The van der Waals surface area contributed by atoms with E-state index in [-0.39, 0.29) is 18.3 Å². The van der Waals surface area contributed by atoms with Crippen LogP contribution in [0.25, 0.3) is 17.4 Å². The molecule has 0 saturated carbocycles. The van der Waals surface area contributed by atoms with Crippen LogP contribution in [0.15, 0.2) is 65.2 Å². The van der Waals surface area contributed by atoms with Gasteiger partial charge in [0.25, 0.3) is 0 Å². The van der Waals surface area contributed by atoms with E-state index in [4.69, 9.17) is 9.26 Å². The van der Waals surface area contributed by atoms with Crippen LogP contribution in [-0.2, 0) is 20.7 Å². The highest BCUT2D eigenvalue weighted by atomic mass is 16.5. The summed E-state index contributed by atoms with van der Waals surface area (Å²) >= 11 is 0. The Labute approximate surface area is 169 Å². The number of hydrogen-bond donors (Lipinski definition) is 1. The zero-order valence-electron chi connectivity index (χ0n) is 16.3.